The van der Waals surface area contributed by atoms with E-state index in [1.54, 1.807) is 32.4 Å². The average Bonchev–Trinajstić information content (AvgIpc) is 2.55. The zero-order valence-electron chi connectivity index (χ0n) is 14.7. The molecule has 25 heavy (non-hydrogen) atoms. The first-order chi connectivity index (χ1) is 11.5. The van der Waals surface area contributed by atoms with Crippen LogP contribution in [-0.4, -0.2) is 44.7 Å². The van der Waals surface area contributed by atoms with Crippen LogP contribution in [0.2, 0.25) is 0 Å². The number of methoxy groups -OCH3 is 2. The van der Waals surface area contributed by atoms with Crippen molar-refractivity contribution >= 4 is 38.3 Å². The summed E-state index contributed by atoms with van der Waals surface area (Å²) in [6, 6.07) is 11.2. The second-order valence-corrected chi connectivity index (χ2v) is 6.88. The van der Waals surface area contributed by atoms with Crippen LogP contribution < -0.4 is 19.5 Å². The molecule has 0 aromatic heterocycles. The van der Waals surface area contributed by atoms with Crippen molar-refractivity contribution in [1.29, 1.82) is 0 Å². The first-order valence-electron chi connectivity index (χ1n) is 7.76. The molecule has 0 amide bonds. The Bertz CT molecular complexity index is 709. The average molecular weight is 354 g/mol. The summed E-state index contributed by atoms with van der Waals surface area (Å²) in [5.74, 6) is 1.88. The fourth-order valence-electron chi connectivity index (χ4n) is 2.38. The van der Waals surface area contributed by atoms with Gasteiger partial charge in [-0.2, -0.15) is 0 Å². The molecule has 0 heterocycles. The van der Waals surface area contributed by atoms with Gasteiger partial charge >= 0.3 is 18.9 Å². The standard InChI is InChI=1S/C19H23O4P.Li.H/c1-12(2)23-14-9-10-17(13(3)11-14)24-19(20)18-15(21-4)7-6-8-16(18)22-5;;/h6-12,24H,1-5H3;;. The van der Waals surface area contributed by atoms with Crippen LogP contribution in [-0.2, 0) is 0 Å². The van der Waals surface area contributed by atoms with Gasteiger partial charge in [0.15, 0.2) is 5.52 Å². The van der Waals surface area contributed by atoms with E-state index in [-0.39, 0.29) is 39.1 Å². The first-order valence-corrected chi connectivity index (χ1v) is 8.76. The van der Waals surface area contributed by atoms with Crippen LogP contribution in [0.5, 0.6) is 17.2 Å². The van der Waals surface area contributed by atoms with Gasteiger partial charge in [-0.15, -0.1) is 0 Å². The predicted molar refractivity (Wildman–Crippen MR) is 106 cm³/mol. The summed E-state index contributed by atoms with van der Waals surface area (Å²) in [4.78, 5) is 12.8. The molecule has 0 aliphatic rings. The van der Waals surface area contributed by atoms with Gasteiger partial charge in [0.2, 0.25) is 0 Å². The zero-order chi connectivity index (χ0) is 17.7. The summed E-state index contributed by atoms with van der Waals surface area (Å²) >= 11 is 0. The molecular weight excluding hydrogens is 330 g/mol. The van der Waals surface area contributed by atoms with Gasteiger partial charge in [0.25, 0.3) is 0 Å². The number of rotatable bonds is 7. The van der Waals surface area contributed by atoms with Crippen molar-refractivity contribution < 1.29 is 19.0 Å². The minimum atomic E-state index is -0.00933. The van der Waals surface area contributed by atoms with E-state index in [0.29, 0.717) is 17.1 Å². The summed E-state index contributed by atoms with van der Waals surface area (Å²) < 4.78 is 16.3. The summed E-state index contributed by atoms with van der Waals surface area (Å²) in [5.41, 5.74) is 1.52. The van der Waals surface area contributed by atoms with Gasteiger partial charge in [0.1, 0.15) is 22.8 Å². The van der Waals surface area contributed by atoms with Crippen molar-refractivity contribution in [2.75, 3.05) is 14.2 Å². The van der Waals surface area contributed by atoms with Crippen LogP contribution in [0.3, 0.4) is 0 Å². The molecule has 130 valence electrons. The van der Waals surface area contributed by atoms with Crippen LogP contribution in [0, 0.1) is 6.92 Å². The molecular formula is C19H24LiO4P. The molecule has 0 N–H and O–H groups in total. The zero-order valence-corrected chi connectivity index (χ0v) is 15.7. The minimum absolute atomic E-state index is 0. The molecule has 1 atom stereocenters. The van der Waals surface area contributed by atoms with Crippen LogP contribution in [0.15, 0.2) is 36.4 Å². The van der Waals surface area contributed by atoms with E-state index in [4.69, 9.17) is 14.2 Å². The van der Waals surface area contributed by atoms with E-state index in [9.17, 15) is 4.79 Å². The van der Waals surface area contributed by atoms with Gasteiger partial charge in [-0.3, -0.25) is 4.79 Å². The number of carbonyl (C=O) groups excluding carboxylic acids is 1. The first kappa shape index (κ1) is 21.6. The van der Waals surface area contributed by atoms with E-state index in [0.717, 1.165) is 16.6 Å². The fraction of sp³-hybridized carbons (Fsp3) is 0.316. The summed E-state index contributed by atoms with van der Waals surface area (Å²) in [7, 11) is 3.10. The molecule has 2 aromatic rings. The molecule has 2 aromatic carbocycles. The number of hydrogen-bond acceptors (Lipinski definition) is 4. The normalized spacial score (nSPS) is 10.6. The molecule has 0 saturated heterocycles. The van der Waals surface area contributed by atoms with Crippen molar-refractivity contribution in [3.8, 4) is 17.2 Å². The second-order valence-electron chi connectivity index (χ2n) is 5.63. The summed E-state index contributed by atoms with van der Waals surface area (Å²) in [5, 5.41) is 0.990. The molecule has 0 spiro atoms. The molecule has 0 bridgehead atoms. The maximum atomic E-state index is 12.8. The Morgan fingerprint density at radius 2 is 1.64 bits per heavy atom. The van der Waals surface area contributed by atoms with Crippen molar-refractivity contribution in [3.63, 3.8) is 0 Å². The van der Waals surface area contributed by atoms with Gasteiger partial charge < -0.3 is 14.2 Å². The molecule has 4 nitrogen and oxygen atoms in total. The van der Waals surface area contributed by atoms with E-state index in [2.05, 4.69) is 0 Å². The van der Waals surface area contributed by atoms with Gasteiger partial charge in [0.05, 0.1) is 20.3 Å². The van der Waals surface area contributed by atoms with Crippen LogP contribution in [0.4, 0.5) is 0 Å². The summed E-state index contributed by atoms with van der Waals surface area (Å²) in [6.45, 7) is 5.97. The summed E-state index contributed by atoms with van der Waals surface area (Å²) in [6.07, 6.45) is 0.122. The molecule has 0 radical (unpaired) electrons. The van der Waals surface area contributed by atoms with Crippen molar-refractivity contribution in [3.05, 3.63) is 47.5 Å². The van der Waals surface area contributed by atoms with Crippen LogP contribution >= 0.6 is 8.58 Å². The van der Waals surface area contributed by atoms with E-state index in [1.165, 1.54) is 0 Å². The van der Waals surface area contributed by atoms with Crippen molar-refractivity contribution in [2.24, 2.45) is 0 Å². The van der Waals surface area contributed by atoms with Crippen LogP contribution in [0.25, 0.3) is 0 Å². The third-order valence-corrected chi connectivity index (χ3v) is 4.78. The predicted octanol–water partition coefficient (Wildman–Crippen LogP) is 3.30. The van der Waals surface area contributed by atoms with Gasteiger partial charge in [-0.05, 0) is 64.5 Å². The SMILES string of the molecule is COc1cccc(OC)c1C(=O)Pc1ccc(OC(C)C)cc1C.[LiH]. The Labute approximate surface area is 163 Å². The number of ether oxygens (including phenoxy) is 3. The topological polar surface area (TPSA) is 44.8 Å². The second kappa shape index (κ2) is 9.87. The number of benzene rings is 2. The molecule has 6 heteroatoms. The maximum absolute atomic E-state index is 12.8. The Hall–Kier alpha value is -1.46. The number of carbonyl (C=O) groups is 1. The third-order valence-electron chi connectivity index (χ3n) is 3.47. The number of hydrogen-bond donors (Lipinski definition) is 0. The Balaban J connectivity index is 0.00000312. The molecule has 1 unspecified atom stereocenters. The fourth-order valence-corrected chi connectivity index (χ4v) is 3.43. The van der Waals surface area contributed by atoms with Gasteiger partial charge in [-0.25, -0.2) is 0 Å². The molecule has 0 aliphatic carbocycles. The molecule has 0 fully saturated rings. The van der Waals surface area contributed by atoms with Crippen molar-refractivity contribution in [1.82, 2.24) is 0 Å². The monoisotopic (exact) mass is 354 g/mol. The Morgan fingerprint density at radius 3 is 2.12 bits per heavy atom. The Kier molecular flexibility index (Phi) is 8.52. The number of aryl methyl sites for hydroxylation is 1. The third kappa shape index (κ3) is 5.51. The van der Waals surface area contributed by atoms with Crippen LogP contribution in [0.1, 0.15) is 29.8 Å². The van der Waals surface area contributed by atoms with E-state index >= 15 is 0 Å². The van der Waals surface area contributed by atoms with E-state index < -0.39 is 0 Å². The van der Waals surface area contributed by atoms with E-state index in [1.807, 2.05) is 39.0 Å². The molecule has 2 rings (SSSR count). The quantitative estimate of drug-likeness (QED) is 0.565. The molecule has 0 saturated carbocycles. The Morgan fingerprint density at radius 1 is 1.04 bits per heavy atom. The van der Waals surface area contributed by atoms with Gasteiger partial charge in [-0.1, -0.05) is 12.1 Å². The van der Waals surface area contributed by atoms with Gasteiger partial charge in [0, 0.05) is 0 Å². The molecule has 0 aliphatic heterocycles. The van der Waals surface area contributed by atoms with Crippen molar-refractivity contribution in [2.45, 2.75) is 26.9 Å².